The summed E-state index contributed by atoms with van der Waals surface area (Å²) >= 11 is 0. The zero-order valence-corrected chi connectivity index (χ0v) is 21.0. The maximum absolute atomic E-state index is 10.4. The van der Waals surface area contributed by atoms with Crippen LogP contribution in [0.2, 0.25) is 0 Å². The molecule has 2 aliphatic rings. The van der Waals surface area contributed by atoms with E-state index in [1.165, 1.54) is 26.4 Å². The summed E-state index contributed by atoms with van der Waals surface area (Å²) in [5, 5.41) is 70.6. The third-order valence-electron chi connectivity index (χ3n) is 7.20. The predicted octanol–water partition coefficient (Wildman–Crippen LogP) is -0.0312. The molecule has 0 unspecified atom stereocenters. The zero-order chi connectivity index (χ0) is 27.6. The van der Waals surface area contributed by atoms with Gasteiger partial charge in [0.15, 0.2) is 29.3 Å². The molecule has 0 aromatic heterocycles. The van der Waals surface area contributed by atoms with Crippen LogP contribution in [0, 0.1) is 11.8 Å². The van der Waals surface area contributed by atoms with Crippen LogP contribution in [0.25, 0.3) is 0 Å². The van der Waals surface area contributed by atoms with E-state index in [-0.39, 0.29) is 36.2 Å². The van der Waals surface area contributed by atoms with Gasteiger partial charge in [-0.2, -0.15) is 0 Å². The molecule has 210 valence electrons. The van der Waals surface area contributed by atoms with Crippen molar-refractivity contribution in [3.8, 4) is 23.0 Å². The minimum Gasteiger partial charge on any atom is -0.504 e. The number of hydrogen-bond acceptors (Lipinski definition) is 12. The molecule has 2 fully saturated rings. The summed E-state index contributed by atoms with van der Waals surface area (Å²) in [7, 11) is 2.83. The van der Waals surface area contributed by atoms with Gasteiger partial charge >= 0.3 is 0 Å². The third kappa shape index (κ3) is 5.40. The summed E-state index contributed by atoms with van der Waals surface area (Å²) in [6.45, 7) is -1.03. The van der Waals surface area contributed by atoms with Crippen molar-refractivity contribution in [2.24, 2.45) is 11.8 Å². The molecule has 7 N–H and O–H groups in total. The fourth-order valence-electron chi connectivity index (χ4n) is 5.06. The third-order valence-corrected chi connectivity index (χ3v) is 7.20. The first-order chi connectivity index (χ1) is 18.2. The standard InChI is InChI=1S/C26H34O12/c1-34-18-7-12(3-5-16(18)29)24-14(9-27)15(25(38-24)13-4-6-17(30)19(8-13)35-2)11-36-26-23(33)22(32)21(31)20(10-28)37-26/h3-8,14-15,20-33H,9-11H2,1-2H3/t14-,15-,20-,21-,22+,23-,24-,25-,26-/m1/s1. The van der Waals surface area contributed by atoms with Gasteiger partial charge in [-0.3, -0.25) is 0 Å². The van der Waals surface area contributed by atoms with Gasteiger partial charge in [-0.1, -0.05) is 12.1 Å². The van der Waals surface area contributed by atoms with Gasteiger partial charge in [0.25, 0.3) is 0 Å². The van der Waals surface area contributed by atoms with Crippen LogP contribution in [-0.2, 0) is 14.2 Å². The highest BCUT2D eigenvalue weighted by atomic mass is 16.7. The van der Waals surface area contributed by atoms with E-state index >= 15 is 0 Å². The Hall–Kier alpha value is -2.68. The minimum atomic E-state index is -1.60. The molecule has 0 bridgehead atoms. The summed E-state index contributed by atoms with van der Waals surface area (Å²) in [4.78, 5) is 0. The molecule has 0 radical (unpaired) electrons. The maximum Gasteiger partial charge on any atom is 0.186 e. The average molecular weight is 539 g/mol. The van der Waals surface area contributed by atoms with E-state index < -0.39 is 61.4 Å². The van der Waals surface area contributed by atoms with Gasteiger partial charge in [0.1, 0.15) is 24.4 Å². The molecule has 38 heavy (non-hydrogen) atoms. The highest BCUT2D eigenvalue weighted by Gasteiger charge is 2.48. The van der Waals surface area contributed by atoms with Gasteiger partial charge in [0.05, 0.1) is 39.6 Å². The van der Waals surface area contributed by atoms with Gasteiger partial charge in [0.2, 0.25) is 0 Å². The molecule has 2 aliphatic heterocycles. The second-order valence-electron chi connectivity index (χ2n) is 9.38. The van der Waals surface area contributed by atoms with Gasteiger partial charge in [-0.05, 0) is 35.4 Å². The number of rotatable bonds is 9. The molecule has 4 rings (SSSR count). The second kappa shape index (κ2) is 12.0. The van der Waals surface area contributed by atoms with E-state index in [0.29, 0.717) is 11.1 Å². The number of aliphatic hydroxyl groups excluding tert-OH is 5. The SMILES string of the molecule is COc1cc([C@H]2O[C@H](c3ccc(O)c(OC)c3)[C@H](CO[C@@H]3O[C@H](CO)[C@@H](O)[C@H](O)[C@H]3O)[C@H]2CO)ccc1O. The van der Waals surface area contributed by atoms with Crippen LogP contribution in [0.15, 0.2) is 36.4 Å². The molecule has 0 amide bonds. The molecule has 12 nitrogen and oxygen atoms in total. The number of ether oxygens (including phenoxy) is 5. The zero-order valence-electron chi connectivity index (χ0n) is 21.0. The fourth-order valence-corrected chi connectivity index (χ4v) is 5.06. The number of phenols is 2. The van der Waals surface area contributed by atoms with E-state index in [1.807, 2.05) is 0 Å². The fraction of sp³-hybridized carbons (Fsp3) is 0.538. The Balaban J connectivity index is 1.65. The van der Waals surface area contributed by atoms with Crippen molar-refractivity contribution in [3.05, 3.63) is 47.5 Å². The topological polar surface area (TPSA) is 188 Å². The Labute approximate surface area is 219 Å². The van der Waals surface area contributed by atoms with Crippen molar-refractivity contribution < 1.29 is 59.4 Å². The molecule has 2 aromatic rings. The van der Waals surface area contributed by atoms with Crippen LogP contribution in [0.1, 0.15) is 23.3 Å². The summed E-state index contributed by atoms with van der Waals surface area (Å²) in [5.41, 5.74) is 1.25. The first kappa shape index (κ1) is 28.3. The largest absolute Gasteiger partial charge is 0.504 e. The van der Waals surface area contributed by atoms with Crippen LogP contribution in [-0.4, -0.2) is 100 Å². The molecular formula is C26H34O12. The number of aromatic hydroxyl groups is 2. The van der Waals surface area contributed by atoms with Crippen molar-refractivity contribution in [1.82, 2.24) is 0 Å². The normalized spacial score (nSPS) is 33.3. The van der Waals surface area contributed by atoms with Crippen LogP contribution in [0.3, 0.4) is 0 Å². The van der Waals surface area contributed by atoms with Crippen molar-refractivity contribution in [2.75, 3.05) is 34.0 Å². The summed E-state index contributed by atoms with van der Waals surface area (Å²) in [6.07, 6.45) is -8.57. The van der Waals surface area contributed by atoms with Gasteiger partial charge in [-0.15, -0.1) is 0 Å². The molecule has 2 aromatic carbocycles. The highest BCUT2D eigenvalue weighted by Crippen LogP contribution is 2.51. The van der Waals surface area contributed by atoms with Crippen molar-refractivity contribution >= 4 is 0 Å². The highest BCUT2D eigenvalue weighted by molar-refractivity contribution is 5.44. The van der Waals surface area contributed by atoms with Crippen LogP contribution >= 0.6 is 0 Å². The van der Waals surface area contributed by atoms with E-state index in [0.717, 1.165) is 0 Å². The van der Waals surface area contributed by atoms with E-state index in [2.05, 4.69) is 0 Å². The smallest absolute Gasteiger partial charge is 0.186 e. The summed E-state index contributed by atoms with van der Waals surface area (Å²) in [5.74, 6) is -0.758. The van der Waals surface area contributed by atoms with Crippen LogP contribution in [0.4, 0.5) is 0 Å². The average Bonchev–Trinajstić information content (AvgIpc) is 3.30. The number of methoxy groups -OCH3 is 2. The lowest BCUT2D eigenvalue weighted by molar-refractivity contribution is -0.304. The van der Waals surface area contributed by atoms with E-state index in [4.69, 9.17) is 23.7 Å². The van der Waals surface area contributed by atoms with Gasteiger partial charge < -0.3 is 59.4 Å². The van der Waals surface area contributed by atoms with Crippen molar-refractivity contribution in [1.29, 1.82) is 0 Å². The van der Waals surface area contributed by atoms with Crippen LogP contribution < -0.4 is 9.47 Å². The molecule has 12 heteroatoms. The Bertz CT molecular complexity index is 1080. The quantitative estimate of drug-likeness (QED) is 0.226. The maximum atomic E-state index is 10.4. The number of hydrogen-bond donors (Lipinski definition) is 7. The molecule has 0 saturated carbocycles. The molecule has 2 heterocycles. The van der Waals surface area contributed by atoms with Gasteiger partial charge in [-0.25, -0.2) is 0 Å². The predicted molar refractivity (Wildman–Crippen MR) is 130 cm³/mol. The second-order valence-corrected chi connectivity index (χ2v) is 9.38. The van der Waals surface area contributed by atoms with E-state index in [1.54, 1.807) is 24.3 Å². The van der Waals surface area contributed by atoms with Crippen molar-refractivity contribution in [2.45, 2.75) is 42.9 Å². The summed E-state index contributed by atoms with van der Waals surface area (Å²) in [6, 6.07) is 9.44. The lowest BCUT2D eigenvalue weighted by atomic mass is 9.83. The Kier molecular flexibility index (Phi) is 8.96. The lowest BCUT2D eigenvalue weighted by Crippen LogP contribution is -2.59. The molecule has 0 aliphatic carbocycles. The van der Waals surface area contributed by atoms with E-state index in [9.17, 15) is 35.7 Å². The molecule has 0 spiro atoms. The Morgan fingerprint density at radius 2 is 1.26 bits per heavy atom. The number of benzene rings is 2. The molecule has 2 saturated heterocycles. The number of aliphatic hydroxyl groups is 5. The molecular weight excluding hydrogens is 504 g/mol. The minimum absolute atomic E-state index is 0.0582. The molecule has 9 atom stereocenters. The Morgan fingerprint density at radius 3 is 1.76 bits per heavy atom. The first-order valence-electron chi connectivity index (χ1n) is 12.2. The van der Waals surface area contributed by atoms with Crippen LogP contribution in [0.5, 0.6) is 23.0 Å². The van der Waals surface area contributed by atoms with Crippen molar-refractivity contribution in [3.63, 3.8) is 0 Å². The monoisotopic (exact) mass is 538 g/mol. The lowest BCUT2D eigenvalue weighted by Gasteiger charge is -2.40. The number of phenolic OH excluding ortho intramolecular Hbond substituents is 2. The summed E-state index contributed by atoms with van der Waals surface area (Å²) < 4.78 is 28.2. The Morgan fingerprint density at radius 1 is 0.711 bits per heavy atom. The first-order valence-corrected chi connectivity index (χ1v) is 12.2. The van der Waals surface area contributed by atoms with Gasteiger partial charge in [0, 0.05) is 18.4 Å².